The van der Waals surface area contributed by atoms with Crippen molar-refractivity contribution in [3.63, 3.8) is 0 Å². The van der Waals surface area contributed by atoms with Crippen LogP contribution in [0.15, 0.2) is 11.0 Å². The van der Waals surface area contributed by atoms with Crippen molar-refractivity contribution in [2.75, 3.05) is 11.9 Å². The minimum atomic E-state index is -0.416. The number of rotatable bonds is 5. The molecule has 0 atom stereocenters. The van der Waals surface area contributed by atoms with E-state index in [2.05, 4.69) is 27.4 Å². The van der Waals surface area contributed by atoms with Crippen LogP contribution < -0.4 is 11.0 Å². The van der Waals surface area contributed by atoms with E-state index >= 15 is 0 Å². The van der Waals surface area contributed by atoms with Crippen LogP contribution in [0, 0.1) is 0 Å². The molecule has 2 N–H and O–H groups in total. The van der Waals surface area contributed by atoms with E-state index in [0.29, 0.717) is 5.82 Å². The van der Waals surface area contributed by atoms with Crippen molar-refractivity contribution in [2.24, 2.45) is 0 Å². The Morgan fingerprint density at radius 1 is 1.54 bits per heavy atom. The molecule has 0 aliphatic heterocycles. The van der Waals surface area contributed by atoms with Crippen molar-refractivity contribution in [3.05, 3.63) is 16.7 Å². The van der Waals surface area contributed by atoms with Crippen molar-refractivity contribution in [1.29, 1.82) is 0 Å². The normalized spacial score (nSPS) is 9.92. The lowest BCUT2D eigenvalue weighted by Crippen LogP contribution is -2.15. The first-order chi connectivity index (χ1) is 6.33. The zero-order chi connectivity index (χ0) is 9.52. The lowest BCUT2D eigenvalue weighted by atomic mass is 10.2. The molecule has 0 saturated heterocycles. The topological polar surface area (TPSA) is 70.7 Å². The van der Waals surface area contributed by atoms with Crippen LogP contribution >= 0.6 is 0 Å². The molecule has 0 amide bonds. The SMILES string of the molecule is CCCCCNc1cn[nH]c(=O)n1. The van der Waals surface area contributed by atoms with Gasteiger partial charge < -0.3 is 5.32 Å². The lowest BCUT2D eigenvalue weighted by molar-refractivity contribution is 0.740. The smallest absolute Gasteiger partial charge is 0.363 e. The van der Waals surface area contributed by atoms with Crippen LogP contribution in [-0.4, -0.2) is 21.7 Å². The Morgan fingerprint density at radius 3 is 3.08 bits per heavy atom. The summed E-state index contributed by atoms with van der Waals surface area (Å²) in [4.78, 5) is 14.4. The van der Waals surface area contributed by atoms with E-state index in [0.717, 1.165) is 13.0 Å². The van der Waals surface area contributed by atoms with Crippen LogP contribution in [0.25, 0.3) is 0 Å². The molecule has 1 aromatic rings. The van der Waals surface area contributed by atoms with Crippen LogP contribution in [0.1, 0.15) is 26.2 Å². The number of nitrogens with one attached hydrogen (secondary N) is 2. The molecule has 13 heavy (non-hydrogen) atoms. The number of anilines is 1. The molecular weight excluding hydrogens is 168 g/mol. The van der Waals surface area contributed by atoms with Crippen LogP contribution in [0.5, 0.6) is 0 Å². The number of aromatic nitrogens is 3. The number of hydrogen-bond donors (Lipinski definition) is 2. The summed E-state index contributed by atoms with van der Waals surface area (Å²) in [5.41, 5.74) is -0.416. The van der Waals surface area contributed by atoms with E-state index in [9.17, 15) is 4.79 Å². The molecule has 1 heterocycles. The second-order valence-corrected chi connectivity index (χ2v) is 2.81. The van der Waals surface area contributed by atoms with Gasteiger partial charge in [0.25, 0.3) is 0 Å². The molecular formula is C8H14N4O. The molecule has 5 nitrogen and oxygen atoms in total. The van der Waals surface area contributed by atoms with Gasteiger partial charge in [-0.3, -0.25) is 0 Å². The predicted molar refractivity (Wildman–Crippen MR) is 50.7 cm³/mol. The Labute approximate surface area is 76.6 Å². The van der Waals surface area contributed by atoms with E-state index in [4.69, 9.17) is 0 Å². The summed E-state index contributed by atoms with van der Waals surface area (Å²) < 4.78 is 0. The molecule has 0 aliphatic carbocycles. The van der Waals surface area contributed by atoms with Crippen LogP contribution in [-0.2, 0) is 0 Å². The highest BCUT2D eigenvalue weighted by atomic mass is 16.1. The fourth-order valence-corrected chi connectivity index (χ4v) is 0.989. The molecule has 0 bridgehead atoms. The third-order valence-electron chi connectivity index (χ3n) is 1.66. The maximum atomic E-state index is 10.7. The first-order valence-electron chi connectivity index (χ1n) is 4.48. The number of nitrogens with zero attached hydrogens (tertiary/aromatic N) is 2. The van der Waals surface area contributed by atoms with Gasteiger partial charge in [0.1, 0.15) is 0 Å². The van der Waals surface area contributed by atoms with Gasteiger partial charge in [-0.05, 0) is 6.42 Å². The van der Waals surface area contributed by atoms with Gasteiger partial charge in [-0.1, -0.05) is 19.8 Å². The highest BCUT2D eigenvalue weighted by molar-refractivity contribution is 5.28. The highest BCUT2D eigenvalue weighted by Crippen LogP contribution is 1.97. The van der Waals surface area contributed by atoms with Gasteiger partial charge in [0.15, 0.2) is 5.82 Å². The van der Waals surface area contributed by atoms with Crippen LogP contribution in [0.2, 0.25) is 0 Å². The maximum Gasteiger partial charge on any atom is 0.363 e. The zero-order valence-electron chi connectivity index (χ0n) is 7.71. The number of H-pyrrole nitrogens is 1. The van der Waals surface area contributed by atoms with E-state index in [1.54, 1.807) is 0 Å². The van der Waals surface area contributed by atoms with Crippen LogP contribution in [0.3, 0.4) is 0 Å². The Balaban J connectivity index is 2.33. The second kappa shape index (κ2) is 5.29. The summed E-state index contributed by atoms with van der Waals surface area (Å²) in [6.45, 7) is 2.99. The fourth-order valence-electron chi connectivity index (χ4n) is 0.989. The molecule has 0 radical (unpaired) electrons. The van der Waals surface area contributed by atoms with Gasteiger partial charge in [-0.15, -0.1) is 0 Å². The van der Waals surface area contributed by atoms with Gasteiger partial charge in [0.2, 0.25) is 0 Å². The largest absolute Gasteiger partial charge is 0.369 e. The third-order valence-corrected chi connectivity index (χ3v) is 1.66. The van der Waals surface area contributed by atoms with Gasteiger partial charge >= 0.3 is 5.69 Å². The minimum Gasteiger partial charge on any atom is -0.369 e. The molecule has 1 rings (SSSR count). The molecule has 0 aromatic carbocycles. The maximum absolute atomic E-state index is 10.7. The third kappa shape index (κ3) is 3.68. The summed E-state index contributed by atoms with van der Waals surface area (Å²) in [5.74, 6) is 0.542. The summed E-state index contributed by atoms with van der Waals surface area (Å²) in [7, 11) is 0. The molecule has 72 valence electrons. The quantitative estimate of drug-likeness (QED) is 0.660. The number of unbranched alkanes of at least 4 members (excludes halogenated alkanes) is 2. The average Bonchev–Trinajstić information content (AvgIpc) is 2.13. The van der Waals surface area contributed by atoms with Gasteiger partial charge in [-0.25, -0.2) is 9.89 Å². The lowest BCUT2D eigenvalue weighted by Gasteiger charge is -2.02. The van der Waals surface area contributed by atoms with Gasteiger partial charge in [0.05, 0.1) is 6.20 Å². The summed E-state index contributed by atoms with van der Waals surface area (Å²) >= 11 is 0. The summed E-state index contributed by atoms with van der Waals surface area (Å²) in [5, 5.41) is 8.86. The van der Waals surface area contributed by atoms with Crippen molar-refractivity contribution in [2.45, 2.75) is 26.2 Å². The zero-order valence-corrected chi connectivity index (χ0v) is 7.71. The Hall–Kier alpha value is -1.39. The van der Waals surface area contributed by atoms with E-state index in [1.807, 2.05) is 0 Å². The molecule has 0 unspecified atom stereocenters. The minimum absolute atomic E-state index is 0.416. The first-order valence-corrected chi connectivity index (χ1v) is 4.48. The summed E-state index contributed by atoms with van der Waals surface area (Å²) in [6.07, 6.45) is 4.96. The Bertz CT molecular complexity index is 296. The van der Waals surface area contributed by atoms with Crippen molar-refractivity contribution in [3.8, 4) is 0 Å². The molecule has 5 heteroatoms. The molecule has 1 aromatic heterocycles. The van der Waals surface area contributed by atoms with E-state index in [1.165, 1.54) is 19.0 Å². The standard InChI is InChI=1S/C8H14N4O/c1-2-3-4-5-9-7-6-10-12-8(13)11-7/h6H,2-5H2,1H3,(H2,9,11,12,13). The number of hydrogen-bond acceptors (Lipinski definition) is 4. The monoisotopic (exact) mass is 182 g/mol. The van der Waals surface area contributed by atoms with Gasteiger partial charge in [0, 0.05) is 6.54 Å². The Kier molecular flexibility index (Phi) is 3.95. The average molecular weight is 182 g/mol. The fraction of sp³-hybridized carbons (Fsp3) is 0.625. The highest BCUT2D eigenvalue weighted by Gasteiger charge is 1.93. The van der Waals surface area contributed by atoms with E-state index < -0.39 is 5.69 Å². The van der Waals surface area contributed by atoms with Gasteiger partial charge in [-0.2, -0.15) is 10.1 Å². The van der Waals surface area contributed by atoms with Crippen molar-refractivity contribution in [1.82, 2.24) is 15.2 Å². The van der Waals surface area contributed by atoms with Crippen LogP contribution in [0.4, 0.5) is 5.82 Å². The first kappa shape index (κ1) is 9.70. The predicted octanol–water partition coefficient (Wildman–Crippen LogP) is 0.767. The second-order valence-electron chi connectivity index (χ2n) is 2.81. The Morgan fingerprint density at radius 2 is 2.38 bits per heavy atom. The van der Waals surface area contributed by atoms with Crippen molar-refractivity contribution >= 4 is 5.82 Å². The number of aromatic amines is 1. The molecule has 0 saturated carbocycles. The summed E-state index contributed by atoms with van der Waals surface area (Å²) in [6, 6.07) is 0. The molecule has 0 aliphatic rings. The molecule has 0 spiro atoms. The molecule has 0 fully saturated rings. The van der Waals surface area contributed by atoms with Crippen molar-refractivity contribution < 1.29 is 0 Å². The van der Waals surface area contributed by atoms with E-state index in [-0.39, 0.29) is 0 Å².